The van der Waals surface area contributed by atoms with Gasteiger partial charge in [-0.25, -0.2) is 0 Å². The second-order valence-electron chi connectivity index (χ2n) is 4.55. The van der Waals surface area contributed by atoms with Gasteiger partial charge < -0.3 is 4.52 Å². The van der Waals surface area contributed by atoms with Crippen LogP contribution in [0.25, 0.3) is 33.5 Å². The van der Waals surface area contributed by atoms with E-state index in [0.29, 0.717) is 22.4 Å². The number of benzene rings is 1. The van der Waals surface area contributed by atoms with Gasteiger partial charge in [0.1, 0.15) is 0 Å². The molecule has 0 aliphatic carbocycles. The molecule has 0 unspecified atom stereocenters. The van der Waals surface area contributed by atoms with Crippen molar-refractivity contribution in [3.05, 3.63) is 52.9 Å². The molecule has 0 atom stereocenters. The second kappa shape index (κ2) is 5.40. The number of halogens is 1. The number of rotatable bonds is 3. The highest BCUT2D eigenvalue weighted by atomic mass is 35.5. The van der Waals surface area contributed by atoms with Crippen LogP contribution in [-0.4, -0.2) is 20.3 Å². The molecule has 3 aromatic heterocycles. The zero-order valence-electron chi connectivity index (χ0n) is 11.2. The lowest BCUT2D eigenvalue weighted by molar-refractivity contribution is 0.431. The maximum atomic E-state index is 6.14. The summed E-state index contributed by atoms with van der Waals surface area (Å²) in [6, 6.07) is 13.3. The van der Waals surface area contributed by atoms with Gasteiger partial charge in [-0.05, 0) is 29.6 Å². The maximum absolute atomic E-state index is 6.14. The Labute approximate surface area is 134 Å². The fraction of sp³-hybridized carbons (Fsp3) is 0. The molecular weight excluding hydrogens is 320 g/mol. The number of thiophene rings is 1. The van der Waals surface area contributed by atoms with Gasteiger partial charge in [0.05, 0.1) is 15.6 Å². The molecule has 0 spiro atoms. The summed E-state index contributed by atoms with van der Waals surface area (Å²) in [5.41, 5.74) is 2.25. The summed E-state index contributed by atoms with van der Waals surface area (Å²) in [5, 5.41) is 13.8. The van der Waals surface area contributed by atoms with E-state index in [9.17, 15) is 0 Å². The number of nitrogens with zero attached hydrogens (tertiary/aromatic N) is 3. The van der Waals surface area contributed by atoms with Gasteiger partial charge in [-0.15, -0.1) is 11.3 Å². The number of hydrogen-bond donors (Lipinski definition) is 1. The number of nitrogens with one attached hydrogen (secondary N) is 1. The highest BCUT2D eigenvalue weighted by Gasteiger charge is 2.15. The molecule has 0 radical (unpaired) electrons. The Morgan fingerprint density at radius 1 is 1.14 bits per heavy atom. The average Bonchev–Trinajstić information content (AvgIpc) is 3.27. The molecule has 0 amide bonds. The molecule has 0 fully saturated rings. The smallest absolute Gasteiger partial charge is 0.278 e. The van der Waals surface area contributed by atoms with Gasteiger partial charge >= 0.3 is 0 Å². The number of hydrogen-bond acceptors (Lipinski definition) is 5. The Morgan fingerprint density at radius 3 is 2.86 bits per heavy atom. The lowest BCUT2D eigenvalue weighted by Crippen LogP contribution is -1.82. The van der Waals surface area contributed by atoms with E-state index in [0.717, 1.165) is 16.1 Å². The zero-order valence-corrected chi connectivity index (χ0v) is 12.7. The molecule has 4 aromatic rings. The molecule has 108 valence electrons. The summed E-state index contributed by atoms with van der Waals surface area (Å²) in [6.45, 7) is 0. The third-order valence-electron chi connectivity index (χ3n) is 3.12. The van der Waals surface area contributed by atoms with Crippen molar-refractivity contribution < 1.29 is 4.52 Å². The molecule has 0 saturated carbocycles. The van der Waals surface area contributed by atoms with Gasteiger partial charge in [-0.2, -0.15) is 10.1 Å². The maximum Gasteiger partial charge on any atom is 0.278 e. The Hall–Kier alpha value is -2.44. The van der Waals surface area contributed by atoms with Crippen molar-refractivity contribution in [1.29, 1.82) is 0 Å². The van der Waals surface area contributed by atoms with Crippen LogP contribution in [0.2, 0.25) is 5.02 Å². The number of aromatic nitrogens is 4. The average molecular weight is 329 g/mol. The quantitative estimate of drug-likeness (QED) is 0.601. The molecule has 4 rings (SSSR count). The molecule has 22 heavy (non-hydrogen) atoms. The molecule has 1 N–H and O–H groups in total. The summed E-state index contributed by atoms with van der Waals surface area (Å²) in [4.78, 5) is 5.47. The van der Waals surface area contributed by atoms with Crippen LogP contribution in [0.4, 0.5) is 0 Å². The molecule has 7 heteroatoms. The van der Waals surface area contributed by atoms with Crippen molar-refractivity contribution >= 4 is 22.9 Å². The van der Waals surface area contributed by atoms with Crippen LogP contribution in [0.1, 0.15) is 0 Å². The van der Waals surface area contributed by atoms with Gasteiger partial charge in [0.15, 0.2) is 5.69 Å². The minimum absolute atomic E-state index is 0.356. The monoisotopic (exact) mass is 328 g/mol. The van der Waals surface area contributed by atoms with E-state index in [4.69, 9.17) is 16.1 Å². The molecule has 1 aromatic carbocycles. The van der Waals surface area contributed by atoms with Crippen LogP contribution in [0.15, 0.2) is 52.4 Å². The van der Waals surface area contributed by atoms with Gasteiger partial charge in [-0.1, -0.05) is 35.0 Å². The molecule has 0 aliphatic rings. The van der Waals surface area contributed by atoms with Gasteiger partial charge in [-0.3, -0.25) is 5.10 Å². The predicted molar refractivity (Wildman–Crippen MR) is 85.6 cm³/mol. The Balaban J connectivity index is 1.69. The lowest BCUT2D eigenvalue weighted by Gasteiger charge is -1.95. The van der Waals surface area contributed by atoms with Crippen molar-refractivity contribution in [2.75, 3.05) is 0 Å². The second-order valence-corrected chi connectivity index (χ2v) is 5.90. The first-order valence-electron chi connectivity index (χ1n) is 6.49. The van der Waals surface area contributed by atoms with Crippen LogP contribution in [0.3, 0.4) is 0 Å². The third kappa shape index (κ3) is 2.32. The van der Waals surface area contributed by atoms with E-state index in [-0.39, 0.29) is 0 Å². The van der Waals surface area contributed by atoms with E-state index < -0.39 is 0 Å². The zero-order chi connectivity index (χ0) is 14.9. The van der Waals surface area contributed by atoms with E-state index in [1.54, 1.807) is 17.4 Å². The molecule has 0 aliphatic heterocycles. The summed E-state index contributed by atoms with van der Waals surface area (Å²) in [6.07, 6.45) is 0. The van der Waals surface area contributed by atoms with Crippen molar-refractivity contribution in [2.45, 2.75) is 0 Å². The molecule has 5 nitrogen and oxygen atoms in total. The fourth-order valence-electron chi connectivity index (χ4n) is 2.07. The van der Waals surface area contributed by atoms with Crippen molar-refractivity contribution in [3.8, 4) is 33.5 Å². The van der Waals surface area contributed by atoms with Crippen molar-refractivity contribution in [3.63, 3.8) is 0 Å². The van der Waals surface area contributed by atoms with Crippen LogP contribution < -0.4 is 0 Å². The fourth-order valence-corrected chi connectivity index (χ4v) is 2.98. The first-order chi connectivity index (χ1) is 10.8. The van der Waals surface area contributed by atoms with E-state index in [1.165, 1.54) is 0 Å². The first kappa shape index (κ1) is 13.2. The van der Waals surface area contributed by atoms with Crippen LogP contribution in [0.5, 0.6) is 0 Å². The summed E-state index contributed by atoms with van der Waals surface area (Å²) < 4.78 is 5.29. The summed E-state index contributed by atoms with van der Waals surface area (Å²) >= 11 is 7.78. The van der Waals surface area contributed by atoms with Crippen molar-refractivity contribution in [1.82, 2.24) is 20.3 Å². The van der Waals surface area contributed by atoms with E-state index in [1.807, 2.05) is 41.8 Å². The predicted octanol–water partition coefficient (Wildman–Crippen LogP) is 4.51. The molecular formula is C15H9ClN4OS. The Kier molecular flexibility index (Phi) is 3.25. The standard InChI is InChI=1S/C15H9ClN4OS/c16-10-5-2-1-4-9(10)14-17-15(21-20-14)12-8-11(18-19-12)13-6-3-7-22-13/h1-8H,(H,18,19). The normalized spacial score (nSPS) is 11.0. The minimum atomic E-state index is 0.356. The lowest BCUT2D eigenvalue weighted by atomic mass is 10.2. The van der Waals surface area contributed by atoms with E-state index in [2.05, 4.69) is 20.3 Å². The van der Waals surface area contributed by atoms with Crippen molar-refractivity contribution in [2.24, 2.45) is 0 Å². The third-order valence-corrected chi connectivity index (χ3v) is 4.36. The summed E-state index contributed by atoms with van der Waals surface area (Å²) in [7, 11) is 0. The Bertz CT molecular complexity index is 913. The van der Waals surface area contributed by atoms with Crippen LogP contribution in [0, 0.1) is 0 Å². The van der Waals surface area contributed by atoms with E-state index >= 15 is 0 Å². The topological polar surface area (TPSA) is 67.6 Å². The number of H-pyrrole nitrogens is 1. The van der Waals surface area contributed by atoms with Gasteiger partial charge in [0.25, 0.3) is 5.89 Å². The summed E-state index contributed by atoms with van der Waals surface area (Å²) in [5.74, 6) is 0.801. The highest BCUT2D eigenvalue weighted by Crippen LogP contribution is 2.29. The largest absolute Gasteiger partial charge is 0.332 e. The van der Waals surface area contributed by atoms with Gasteiger partial charge in [0, 0.05) is 5.56 Å². The van der Waals surface area contributed by atoms with Crippen LogP contribution in [-0.2, 0) is 0 Å². The number of aromatic amines is 1. The Morgan fingerprint density at radius 2 is 2.05 bits per heavy atom. The van der Waals surface area contributed by atoms with Gasteiger partial charge in [0.2, 0.25) is 5.82 Å². The minimum Gasteiger partial charge on any atom is -0.332 e. The first-order valence-corrected chi connectivity index (χ1v) is 7.75. The SMILES string of the molecule is Clc1ccccc1-c1noc(-c2cc(-c3cccs3)[nH]n2)n1. The highest BCUT2D eigenvalue weighted by molar-refractivity contribution is 7.13. The molecule has 0 bridgehead atoms. The molecule has 0 saturated heterocycles. The molecule has 3 heterocycles. The van der Waals surface area contributed by atoms with Crippen LogP contribution >= 0.6 is 22.9 Å².